The summed E-state index contributed by atoms with van der Waals surface area (Å²) in [4.78, 5) is 26.5. The van der Waals surface area contributed by atoms with Crippen molar-refractivity contribution in [2.75, 3.05) is 4.90 Å². The van der Waals surface area contributed by atoms with Crippen LogP contribution in [0.4, 0.5) is 5.69 Å². The average molecular weight is 306 g/mol. The third-order valence-electron chi connectivity index (χ3n) is 3.34. The van der Waals surface area contributed by atoms with E-state index in [9.17, 15) is 9.59 Å². The van der Waals surface area contributed by atoms with E-state index < -0.39 is 5.91 Å². The van der Waals surface area contributed by atoms with E-state index in [0.717, 1.165) is 18.5 Å². The first-order valence-corrected chi connectivity index (χ1v) is 7.40. The molecule has 0 bridgehead atoms. The molecular formula is C13H14N4O3S. The van der Waals surface area contributed by atoms with E-state index in [4.69, 9.17) is 10.4 Å². The SMILES string of the molecule is NNC(=O)c1cc(CN2C(=O)CCCc3sccc32)on1. The predicted octanol–water partition coefficient (Wildman–Crippen LogP) is 1.21. The Morgan fingerprint density at radius 2 is 2.38 bits per heavy atom. The van der Waals surface area contributed by atoms with Gasteiger partial charge in [-0.05, 0) is 24.3 Å². The number of anilines is 1. The Bertz CT molecular complexity index is 679. The van der Waals surface area contributed by atoms with Crippen LogP contribution in [0.3, 0.4) is 0 Å². The summed E-state index contributed by atoms with van der Waals surface area (Å²) in [6.45, 7) is 0.257. The first-order chi connectivity index (χ1) is 10.2. The first-order valence-electron chi connectivity index (χ1n) is 6.52. The van der Waals surface area contributed by atoms with Gasteiger partial charge in [-0.15, -0.1) is 11.3 Å². The third-order valence-corrected chi connectivity index (χ3v) is 4.31. The van der Waals surface area contributed by atoms with E-state index in [1.165, 1.54) is 10.9 Å². The molecule has 2 aromatic heterocycles. The van der Waals surface area contributed by atoms with Gasteiger partial charge in [-0.25, -0.2) is 5.84 Å². The van der Waals surface area contributed by atoms with E-state index in [-0.39, 0.29) is 18.1 Å². The van der Waals surface area contributed by atoms with Crippen molar-refractivity contribution in [2.24, 2.45) is 5.84 Å². The maximum atomic E-state index is 12.2. The number of carbonyl (C=O) groups is 2. The molecule has 0 saturated heterocycles. The van der Waals surface area contributed by atoms with Crippen molar-refractivity contribution in [3.05, 3.63) is 33.8 Å². The molecule has 3 rings (SSSR count). The van der Waals surface area contributed by atoms with Crippen LogP contribution in [0.2, 0.25) is 0 Å². The highest BCUT2D eigenvalue weighted by Gasteiger charge is 2.25. The molecule has 3 N–H and O–H groups in total. The number of hydrogen-bond acceptors (Lipinski definition) is 6. The Balaban J connectivity index is 1.85. The van der Waals surface area contributed by atoms with Crippen LogP contribution in [0.1, 0.15) is 34.0 Å². The number of rotatable bonds is 3. The molecule has 0 unspecified atom stereocenters. The van der Waals surface area contributed by atoms with Gasteiger partial charge in [0.1, 0.15) is 0 Å². The Hall–Kier alpha value is -2.19. The number of thiophene rings is 1. The zero-order chi connectivity index (χ0) is 14.8. The lowest BCUT2D eigenvalue weighted by Gasteiger charge is -2.19. The summed E-state index contributed by atoms with van der Waals surface area (Å²) in [6.07, 6.45) is 2.26. The Labute approximate surface area is 124 Å². The van der Waals surface area contributed by atoms with Crippen molar-refractivity contribution in [1.29, 1.82) is 0 Å². The van der Waals surface area contributed by atoms with Crippen LogP contribution >= 0.6 is 11.3 Å². The summed E-state index contributed by atoms with van der Waals surface area (Å²) in [7, 11) is 0. The van der Waals surface area contributed by atoms with Crippen molar-refractivity contribution >= 4 is 28.8 Å². The molecule has 110 valence electrons. The zero-order valence-corrected chi connectivity index (χ0v) is 12.0. The number of hydrogen-bond donors (Lipinski definition) is 2. The number of nitrogens with zero attached hydrogens (tertiary/aromatic N) is 2. The van der Waals surface area contributed by atoms with Gasteiger partial charge >= 0.3 is 0 Å². The van der Waals surface area contributed by atoms with Gasteiger partial charge in [0.25, 0.3) is 5.91 Å². The fraction of sp³-hybridized carbons (Fsp3) is 0.308. The number of nitrogens with two attached hydrogens (primary N) is 1. The number of aryl methyl sites for hydroxylation is 1. The molecule has 0 fully saturated rings. The number of fused-ring (bicyclic) bond motifs is 1. The van der Waals surface area contributed by atoms with Crippen LogP contribution in [-0.2, 0) is 17.8 Å². The van der Waals surface area contributed by atoms with E-state index in [0.29, 0.717) is 12.2 Å². The number of amides is 2. The molecule has 0 aliphatic carbocycles. The molecule has 0 atom stereocenters. The quantitative estimate of drug-likeness (QED) is 0.504. The van der Waals surface area contributed by atoms with Gasteiger partial charge in [-0.2, -0.15) is 0 Å². The molecule has 2 aromatic rings. The second-order valence-electron chi connectivity index (χ2n) is 4.71. The molecule has 0 saturated carbocycles. The first kappa shape index (κ1) is 13.8. The minimum atomic E-state index is -0.525. The largest absolute Gasteiger partial charge is 0.359 e. The number of hydrazine groups is 1. The van der Waals surface area contributed by atoms with E-state index in [2.05, 4.69) is 5.16 Å². The monoisotopic (exact) mass is 306 g/mol. The Kier molecular flexibility index (Phi) is 3.72. The number of aromatic nitrogens is 1. The lowest BCUT2D eigenvalue weighted by atomic mass is 10.2. The molecule has 3 heterocycles. The smallest absolute Gasteiger partial charge is 0.287 e. The van der Waals surface area contributed by atoms with Crippen LogP contribution in [-0.4, -0.2) is 17.0 Å². The third kappa shape index (κ3) is 2.67. The standard InChI is InChI=1S/C13H14N4O3S/c14-15-13(19)9-6-8(20-16-9)7-17-10-4-5-21-11(10)2-1-3-12(17)18/h4-6H,1-3,7,14H2,(H,15,19). The van der Waals surface area contributed by atoms with Crippen molar-refractivity contribution in [1.82, 2.24) is 10.6 Å². The predicted molar refractivity (Wildman–Crippen MR) is 76.6 cm³/mol. The lowest BCUT2D eigenvalue weighted by Crippen LogP contribution is -2.30. The highest BCUT2D eigenvalue weighted by atomic mass is 32.1. The van der Waals surface area contributed by atoms with Crippen LogP contribution in [0, 0.1) is 0 Å². The minimum absolute atomic E-state index is 0.0494. The molecule has 7 nitrogen and oxygen atoms in total. The van der Waals surface area contributed by atoms with Crippen molar-refractivity contribution in [3.63, 3.8) is 0 Å². The van der Waals surface area contributed by atoms with E-state index >= 15 is 0 Å². The molecule has 0 spiro atoms. The maximum Gasteiger partial charge on any atom is 0.287 e. The molecule has 1 aliphatic rings. The molecule has 8 heteroatoms. The second kappa shape index (κ2) is 5.66. The lowest BCUT2D eigenvalue weighted by molar-refractivity contribution is -0.118. The number of carbonyl (C=O) groups excluding carboxylic acids is 2. The summed E-state index contributed by atoms with van der Waals surface area (Å²) in [5.74, 6) is 5.02. The summed E-state index contributed by atoms with van der Waals surface area (Å²) < 4.78 is 5.11. The van der Waals surface area contributed by atoms with Gasteiger partial charge in [-0.1, -0.05) is 5.16 Å². The van der Waals surface area contributed by atoms with Gasteiger partial charge in [-0.3, -0.25) is 15.0 Å². The molecule has 0 radical (unpaired) electrons. The normalized spacial score (nSPS) is 14.7. The van der Waals surface area contributed by atoms with Crippen LogP contribution < -0.4 is 16.2 Å². The highest BCUT2D eigenvalue weighted by molar-refractivity contribution is 7.10. The minimum Gasteiger partial charge on any atom is -0.359 e. The van der Waals surface area contributed by atoms with E-state index in [1.54, 1.807) is 16.2 Å². The van der Waals surface area contributed by atoms with Crippen LogP contribution in [0.15, 0.2) is 22.0 Å². The van der Waals surface area contributed by atoms with Gasteiger partial charge < -0.3 is 9.42 Å². The summed E-state index contributed by atoms with van der Waals surface area (Å²) >= 11 is 1.65. The second-order valence-corrected chi connectivity index (χ2v) is 5.72. The Morgan fingerprint density at radius 3 is 3.19 bits per heavy atom. The van der Waals surface area contributed by atoms with Crippen molar-refractivity contribution < 1.29 is 14.1 Å². The van der Waals surface area contributed by atoms with Gasteiger partial charge in [0.2, 0.25) is 5.91 Å². The summed E-state index contributed by atoms with van der Waals surface area (Å²) in [5.41, 5.74) is 3.01. The van der Waals surface area contributed by atoms with E-state index in [1.807, 2.05) is 16.9 Å². The fourth-order valence-electron chi connectivity index (χ4n) is 2.33. The molecule has 2 amide bonds. The van der Waals surface area contributed by atoms with Gasteiger partial charge in [0.05, 0.1) is 12.2 Å². The van der Waals surface area contributed by atoms with Gasteiger partial charge in [0.15, 0.2) is 11.5 Å². The summed E-state index contributed by atoms with van der Waals surface area (Å²) in [5, 5.41) is 5.62. The molecule has 21 heavy (non-hydrogen) atoms. The van der Waals surface area contributed by atoms with Crippen molar-refractivity contribution in [3.8, 4) is 0 Å². The molecular weight excluding hydrogens is 292 g/mol. The number of nitrogens with one attached hydrogen (secondary N) is 1. The highest BCUT2D eigenvalue weighted by Crippen LogP contribution is 2.32. The average Bonchev–Trinajstić information content (AvgIpc) is 3.10. The molecule has 1 aliphatic heterocycles. The Morgan fingerprint density at radius 1 is 1.52 bits per heavy atom. The van der Waals surface area contributed by atoms with Crippen LogP contribution in [0.5, 0.6) is 0 Å². The topological polar surface area (TPSA) is 101 Å². The van der Waals surface area contributed by atoms with Crippen molar-refractivity contribution in [2.45, 2.75) is 25.8 Å². The number of nitrogen functional groups attached to an aromatic ring is 1. The maximum absolute atomic E-state index is 12.2. The summed E-state index contributed by atoms with van der Waals surface area (Å²) in [6, 6.07) is 3.43. The zero-order valence-electron chi connectivity index (χ0n) is 11.2. The van der Waals surface area contributed by atoms with Gasteiger partial charge in [0, 0.05) is 17.4 Å². The fourth-order valence-corrected chi connectivity index (χ4v) is 3.25. The molecule has 0 aromatic carbocycles. The van der Waals surface area contributed by atoms with Crippen LogP contribution in [0.25, 0.3) is 0 Å².